The number of rotatable bonds is 4. The molecule has 3 N–H and O–H groups in total. The molecule has 0 saturated carbocycles. The Morgan fingerprint density at radius 3 is 2.14 bits per heavy atom. The number of primary sulfonamides is 1. The Kier molecular flexibility index (Phi) is 4.38. The Labute approximate surface area is 131 Å². The van der Waals surface area contributed by atoms with Gasteiger partial charge in [0.1, 0.15) is 0 Å². The zero-order valence-electron chi connectivity index (χ0n) is 10.5. The maximum Gasteiger partial charge on any atom is 0.261 e. The van der Waals surface area contributed by atoms with E-state index in [1.165, 1.54) is 30.3 Å². The van der Waals surface area contributed by atoms with E-state index in [1.54, 1.807) is 12.1 Å². The summed E-state index contributed by atoms with van der Waals surface area (Å²) in [7, 11) is -7.71. The van der Waals surface area contributed by atoms with Crippen LogP contribution in [0.4, 0.5) is 5.69 Å². The van der Waals surface area contributed by atoms with Gasteiger partial charge in [-0.2, -0.15) is 0 Å². The van der Waals surface area contributed by atoms with Crippen LogP contribution in [0, 0.1) is 0 Å². The lowest BCUT2D eigenvalue weighted by Crippen LogP contribution is -2.15. The van der Waals surface area contributed by atoms with E-state index in [9.17, 15) is 16.8 Å². The van der Waals surface area contributed by atoms with Crippen LogP contribution in [-0.4, -0.2) is 16.8 Å². The maximum atomic E-state index is 12.2. The summed E-state index contributed by atoms with van der Waals surface area (Å²) in [5.74, 6) is 0. The summed E-state index contributed by atoms with van der Waals surface area (Å²) < 4.78 is 49.8. The number of hydrogen-bond donors (Lipinski definition) is 2. The molecule has 0 aromatic heterocycles. The standard InChI is InChI=1S/C12H11BrN2O4S2/c13-9-3-1-6-12(7-9)21(18,19)15-10-4-2-5-11(8-10)20(14,16)17/h1-8,15H,(H2,14,16,17). The van der Waals surface area contributed by atoms with Gasteiger partial charge in [-0.15, -0.1) is 0 Å². The lowest BCUT2D eigenvalue weighted by atomic mass is 10.3. The summed E-state index contributed by atoms with van der Waals surface area (Å²) in [4.78, 5) is -0.116. The third-order valence-corrected chi connectivity index (χ3v) is 5.30. The normalized spacial score (nSPS) is 12.1. The van der Waals surface area contributed by atoms with Crippen LogP contribution in [0.1, 0.15) is 0 Å². The summed E-state index contributed by atoms with van der Waals surface area (Å²) in [6.07, 6.45) is 0. The van der Waals surface area contributed by atoms with E-state index in [0.29, 0.717) is 4.47 Å². The molecule has 0 aliphatic rings. The topological polar surface area (TPSA) is 106 Å². The molecule has 0 bridgehead atoms. The van der Waals surface area contributed by atoms with Gasteiger partial charge in [-0.05, 0) is 36.4 Å². The van der Waals surface area contributed by atoms with Gasteiger partial charge in [-0.1, -0.05) is 28.1 Å². The van der Waals surface area contributed by atoms with E-state index in [4.69, 9.17) is 5.14 Å². The largest absolute Gasteiger partial charge is 0.280 e. The molecule has 0 saturated heterocycles. The predicted molar refractivity (Wildman–Crippen MR) is 82.8 cm³/mol. The zero-order valence-corrected chi connectivity index (χ0v) is 13.7. The summed E-state index contributed by atoms with van der Waals surface area (Å²) in [5, 5.41) is 5.01. The van der Waals surface area contributed by atoms with Gasteiger partial charge >= 0.3 is 0 Å². The number of nitrogens with two attached hydrogens (primary N) is 1. The van der Waals surface area contributed by atoms with E-state index in [0.717, 1.165) is 6.07 Å². The van der Waals surface area contributed by atoms with Crippen molar-refractivity contribution in [2.24, 2.45) is 5.14 Å². The van der Waals surface area contributed by atoms with E-state index in [1.807, 2.05) is 0 Å². The number of sulfonamides is 2. The van der Waals surface area contributed by atoms with Crippen molar-refractivity contribution in [2.75, 3.05) is 4.72 Å². The molecular formula is C12H11BrN2O4S2. The lowest BCUT2D eigenvalue weighted by Gasteiger charge is -2.09. The molecular weight excluding hydrogens is 380 g/mol. The van der Waals surface area contributed by atoms with Crippen molar-refractivity contribution < 1.29 is 16.8 Å². The van der Waals surface area contributed by atoms with Crippen LogP contribution in [-0.2, 0) is 20.0 Å². The van der Waals surface area contributed by atoms with E-state index < -0.39 is 20.0 Å². The van der Waals surface area contributed by atoms with Gasteiger partial charge in [-0.3, -0.25) is 4.72 Å². The van der Waals surface area contributed by atoms with Crippen LogP contribution >= 0.6 is 15.9 Å². The van der Waals surface area contributed by atoms with Crippen molar-refractivity contribution in [3.05, 3.63) is 53.0 Å². The second-order valence-corrected chi connectivity index (χ2v) is 8.30. The zero-order chi connectivity index (χ0) is 15.7. The minimum atomic E-state index is -3.89. The van der Waals surface area contributed by atoms with Gasteiger partial charge in [0.25, 0.3) is 10.0 Å². The van der Waals surface area contributed by atoms with Gasteiger partial charge in [0.05, 0.1) is 15.5 Å². The molecule has 0 aliphatic heterocycles. The van der Waals surface area contributed by atoms with Crippen LogP contribution in [0.3, 0.4) is 0 Å². The monoisotopic (exact) mass is 390 g/mol. The predicted octanol–water partition coefficient (Wildman–Crippen LogP) is 1.90. The average Bonchev–Trinajstić information content (AvgIpc) is 2.37. The fourth-order valence-corrected chi connectivity index (χ4v) is 3.79. The van der Waals surface area contributed by atoms with Gasteiger partial charge in [-0.25, -0.2) is 22.0 Å². The quantitative estimate of drug-likeness (QED) is 0.830. The molecule has 0 radical (unpaired) electrons. The Morgan fingerprint density at radius 2 is 1.52 bits per heavy atom. The molecule has 0 fully saturated rings. The first kappa shape index (κ1) is 16.0. The van der Waals surface area contributed by atoms with Crippen LogP contribution in [0.2, 0.25) is 0 Å². The van der Waals surface area contributed by atoms with Gasteiger partial charge < -0.3 is 0 Å². The molecule has 2 aromatic rings. The Morgan fingerprint density at radius 1 is 0.905 bits per heavy atom. The number of nitrogens with one attached hydrogen (secondary N) is 1. The summed E-state index contributed by atoms with van der Waals surface area (Å²) in [5.41, 5.74) is 0.113. The van der Waals surface area contributed by atoms with Crippen molar-refractivity contribution in [2.45, 2.75) is 9.79 Å². The summed E-state index contributed by atoms with van der Waals surface area (Å²) in [6, 6.07) is 11.4. The van der Waals surface area contributed by atoms with Crippen molar-refractivity contribution in [3.8, 4) is 0 Å². The molecule has 0 amide bonds. The SMILES string of the molecule is NS(=O)(=O)c1cccc(NS(=O)(=O)c2cccc(Br)c2)c1. The van der Waals surface area contributed by atoms with Crippen LogP contribution < -0.4 is 9.86 Å². The molecule has 6 nitrogen and oxygen atoms in total. The van der Waals surface area contributed by atoms with E-state index in [-0.39, 0.29) is 15.5 Å². The first-order valence-electron chi connectivity index (χ1n) is 5.60. The first-order chi connectivity index (χ1) is 9.68. The molecule has 0 heterocycles. The fraction of sp³-hybridized carbons (Fsp3) is 0. The fourth-order valence-electron chi connectivity index (χ4n) is 1.58. The van der Waals surface area contributed by atoms with Crippen LogP contribution in [0.5, 0.6) is 0 Å². The molecule has 0 atom stereocenters. The maximum absolute atomic E-state index is 12.2. The smallest absolute Gasteiger partial charge is 0.261 e. The molecule has 9 heteroatoms. The summed E-state index contributed by atoms with van der Waals surface area (Å²) in [6.45, 7) is 0. The highest BCUT2D eigenvalue weighted by molar-refractivity contribution is 9.10. The summed E-state index contributed by atoms with van der Waals surface area (Å²) >= 11 is 3.19. The number of halogens is 1. The number of anilines is 1. The molecule has 2 rings (SSSR count). The minimum Gasteiger partial charge on any atom is -0.280 e. The highest BCUT2D eigenvalue weighted by Gasteiger charge is 2.16. The third kappa shape index (κ3) is 4.03. The highest BCUT2D eigenvalue weighted by Crippen LogP contribution is 2.21. The first-order valence-corrected chi connectivity index (χ1v) is 9.42. The molecule has 21 heavy (non-hydrogen) atoms. The lowest BCUT2D eigenvalue weighted by molar-refractivity contribution is 0.596. The molecule has 2 aromatic carbocycles. The number of hydrogen-bond acceptors (Lipinski definition) is 4. The third-order valence-electron chi connectivity index (χ3n) is 2.52. The van der Waals surface area contributed by atoms with Crippen molar-refractivity contribution in [1.29, 1.82) is 0 Å². The van der Waals surface area contributed by atoms with Crippen molar-refractivity contribution in [1.82, 2.24) is 0 Å². The van der Waals surface area contributed by atoms with E-state index >= 15 is 0 Å². The van der Waals surface area contributed by atoms with Crippen LogP contribution in [0.15, 0.2) is 62.8 Å². The Balaban J connectivity index is 2.38. The van der Waals surface area contributed by atoms with Crippen molar-refractivity contribution >= 4 is 41.7 Å². The van der Waals surface area contributed by atoms with Gasteiger partial charge in [0.15, 0.2) is 0 Å². The Bertz CT molecular complexity index is 880. The minimum absolute atomic E-state index is 0.0536. The number of benzene rings is 2. The van der Waals surface area contributed by atoms with E-state index in [2.05, 4.69) is 20.7 Å². The van der Waals surface area contributed by atoms with Crippen LogP contribution in [0.25, 0.3) is 0 Å². The second kappa shape index (κ2) is 5.76. The molecule has 112 valence electrons. The average molecular weight is 391 g/mol. The van der Waals surface area contributed by atoms with Gasteiger partial charge in [0.2, 0.25) is 10.0 Å². The molecule has 0 aliphatic carbocycles. The Hall–Kier alpha value is -1.42. The highest BCUT2D eigenvalue weighted by atomic mass is 79.9. The van der Waals surface area contributed by atoms with Crippen molar-refractivity contribution in [3.63, 3.8) is 0 Å². The molecule has 0 unspecified atom stereocenters. The molecule has 0 spiro atoms. The van der Waals surface area contributed by atoms with Gasteiger partial charge in [0, 0.05) is 4.47 Å². The second-order valence-electron chi connectivity index (χ2n) is 4.14.